The number of ether oxygens (including phenoxy) is 1. The molecule has 0 bridgehead atoms. The number of alkyl halides is 3. The van der Waals surface area contributed by atoms with Crippen molar-refractivity contribution in [2.75, 3.05) is 5.73 Å². The highest BCUT2D eigenvalue weighted by Gasteiger charge is 2.38. The smallest absolute Gasteiger partial charge is 0.425 e. The number of hydrogen-bond acceptors (Lipinski definition) is 3. The van der Waals surface area contributed by atoms with Gasteiger partial charge in [0, 0.05) is 11.8 Å². The van der Waals surface area contributed by atoms with Gasteiger partial charge in [-0.25, -0.2) is 4.79 Å². The quantitative estimate of drug-likeness (QED) is 0.806. The number of rotatable bonds is 3. The van der Waals surface area contributed by atoms with E-state index in [-0.39, 0.29) is 11.3 Å². The van der Waals surface area contributed by atoms with Crippen molar-refractivity contribution < 1.29 is 27.8 Å². The number of aromatic carboxylic acids is 1. The van der Waals surface area contributed by atoms with Gasteiger partial charge < -0.3 is 15.6 Å². The lowest BCUT2D eigenvalue weighted by atomic mass is 10.2. The van der Waals surface area contributed by atoms with Crippen LogP contribution in [-0.4, -0.2) is 23.4 Å². The summed E-state index contributed by atoms with van der Waals surface area (Å²) in [5.41, 5.74) is 5.12. The Morgan fingerprint density at radius 2 is 2.06 bits per heavy atom. The molecule has 0 aromatic heterocycles. The van der Waals surface area contributed by atoms with Crippen LogP contribution in [-0.2, 0) is 0 Å². The number of carboxylic acids is 1. The van der Waals surface area contributed by atoms with Crippen molar-refractivity contribution in [1.82, 2.24) is 0 Å². The number of nitrogen functional groups attached to an aromatic ring is 1. The van der Waals surface area contributed by atoms with Gasteiger partial charge in [-0.1, -0.05) is 0 Å². The van der Waals surface area contributed by atoms with Crippen LogP contribution in [0.2, 0.25) is 0 Å². The minimum Gasteiger partial charge on any atom is -0.480 e. The van der Waals surface area contributed by atoms with Gasteiger partial charge in [0.1, 0.15) is 11.3 Å². The Hall–Kier alpha value is -1.92. The van der Waals surface area contributed by atoms with E-state index >= 15 is 0 Å². The number of carboxylic acid groups (broad SMARTS) is 1. The molecule has 0 spiro atoms. The standard InChI is InChI=1S/C10H10F3NO3/c1-5(10(11,12)13)17-8-4-6(14)2-3-7(8)9(15)16/h2-5H,14H2,1H3,(H,15,16). The summed E-state index contributed by atoms with van der Waals surface area (Å²) in [6, 6.07) is 3.41. The lowest BCUT2D eigenvalue weighted by Crippen LogP contribution is -2.31. The maximum Gasteiger partial charge on any atom is 0.425 e. The van der Waals surface area contributed by atoms with Crippen LogP contribution in [0.3, 0.4) is 0 Å². The summed E-state index contributed by atoms with van der Waals surface area (Å²) >= 11 is 0. The number of hydrogen-bond donors (Lipinski definition) is 2. The van der Waals surface area contributed by atoms with E-state index in [4.69, 9.17) is 10.8 Å². The van der Waals surface area contributed by atoms with Crippen LogP contribution in [0.4, 0.5) is 18.9 Å². The highest BCUT2D eigenvalue weighted by Crippen LogP contribution is 2.28. The molecule has 0 aliphatic rings. The second-order valence-corrected chi connectivity index (χ2v) is 3.36. The van der Waals surface area contributed by atoms with Gasteiger partial charge in [-0.3, -0.25) is 0 Å². The Balaban J connectivity index is 3.04. The van der Waals surface area contributed by atoms with Crippen molar-refractivity contribution in [3.8, 4) is 5.75 Å². The number of anilines is 1. The van der Waals surface area contributed by atoms with Crippen molar-refractivity contribution in [3.05, 3.63) is 23.8 Å². The third-order valence-corrected chi connectivity index (χ3v) is 2.00. The van der Waals surface area contributed by atoms with Gasteiger partial charge in [-0.2, -0.15) is 13.2 Å². The van der Waals surface area contributed by atoms with Gasteiger partial charge in [-0.15, -0.1) is 0 Å². The normalized spacial score (nSPS) is 13.2. The van der Waals surface area contributed by atoms with E-state index in [2.05, 4.69) is 4.74 Å². The molecular formula is C10H10F3NO3. The molecule has 1 aromatic rings. The fourth-order valence-electron chi connectivity index (χ4n) is 1.07. The first-order chi connectivity index (χ1) is 7.71. The van der Waals surface area contributed by atoms with Crippen LogP contribution in [0, 0.1) is 0 Å². The largest absolute Gasteiger partial charge is 0.480 e. The molecule has 0 fully saturated rings. The van der Waals surface area contributed by atoms with Crippen molar-refractivity contribution in [3.63, 3.8) is 0 Å². The van der Waals surface area contributed by atoms with Crippen molar-refractivity contribution in [2.24, 2.45) is 0 Å². The van der Waals surface area contributed by atoms with Gasteiger partial charge in [0.15, 0.2) is 6.10 Å². The van der Waals surface area contributed by atoms with Crippen LogP contribution in [0.25, 0.3) is 0 Å². The zero-order valence-electron chi connectivity index (χ0n) is 8.78. The van der Waals surface area contributed by atoms with Crippen LogP contribution in [0.5, 0.6) is 5.75 Å². The van der Waals surface area contributed by atoms with Gasteiger partial charge in [0.2, 0.25) is 0 Å². The van der Waals surface area contributed by atoms with Crippen LogP contribution >= 0.6 is 0 Å². The third kappa shape index (κ3) is 3.27. The summed E-state index contributed by atoms with van der Waals surface area (Å²) in [6.45, 7) is 0.787. The van der Waals surface area contributed by atoms with Crippen molar-refractivity contribution in [1.29, 1.82) is 0 Å². The highest BCUT2D eigenvalue weighted by atomic mass is 19.4. The fourth-order valence-corrected chi connectivity index (χ4v) is 1.07. The Kier molecular flexibility index (Phi) is 3.50. The molecule has 0 heterocycles. The van der Waals surface area contributed by atoms with E-state index in [1.165, 1.54) is 6.07 Å². The first-order valence-electron chi connectivity index (χ1n) is 4.58. The molecule has 0 saturated heterocycles. The molecule has 1 atom stereocenters. The van der Waals surface area contributed by atoms with E-state index in [1.54, 1.807) is 0 Å². The number of halogens is 3. The zero-order valence-corrected chi connectivity index (χ0v) is 8.78. The molecule has 0 saturated carbocycles. The second kappa shape index (κ2) is 4.52. The monoisotopic (exact) mass is 249 g/mol. The Morgan fingerprint density at radius 3 is 2.53 bits per heavy atom. The Bertz CT molecular complexity index is 431. The highest BCUT2D eigenvalue weighted by molar-refractivity contribution is 5.91. The van der Waals surface area contributed by atoms with E-state index in [1.807, 2.05) is 0 Å². The SMILES string of the molecule is CC(Oc1cc(N)ccc1C(=O)O)C(F)(F)F. The molecule has 3 N–H and O–H groups in total. The lowest BCUT2D eigenvalue weighted by molar-refractivity contribution is -0.189. The second-order valence-electron chi connectivity index (χ2n) is 3.36. The molecule has 4 nitrogen and oxygen atoms in total. The molecule has 17 heavy (non-hydrogen) atoms. The Labute approximate surface area is 94.8 Å². The molecule has 1 aromatic carbocycles. The molecule has 1 rings (SSSR count). The third-order valence-electron chi connectivity index (χ3n) is 2.00. The fraction of sp³-hybridized carbons (Fsp3) is 0.300. The van der Waals surface area contributed by atoms with Gasteiger partial charge in [0.05, 0.1) is 0 Å². The molecule has 94 valence electrons. The number of nitrogens with two attached hydrogens (primary N) is 1. The molecule has 0 aliphatic heterocycles. The Morgan fingerprint density at radius 1 is 1.47 bits per heavy atom. The van der Waals surface area contributed by atoms with Crippen LogP contribution < -0.4 is 10.5 Å². The van der Waals surface area contributed by atoms with Gasteiger partial charge in [-0.05, 0) is 19.1 Å². The van der Waals surface area contributed by atoms with E-state index in [0.29, 0.717) is 0 Å². The number of benzene rings is 1. The molecule has 1 unspecified atom stereocenters. The van der Waals surface area contributed by atoms with Crippen LogP contribution in [0.15, 0.2) is 18.2 Å². The summed E-state index contributed by atoms with van der Waals surface area (Å²) in [7, 11) is 0. The summed E-state index contributed by atoms with van der Waals surface area (Å²) < 4.78 is 41.4. The maximum atomic E-state index is 12.3. The minimum atomic E-state index is -4.57. The maximum absolute atomic E-state index is 12.3. The van der Waals surface area contributed by atoms with Crippen LogP contribution in [0.1, 0.15) is 17.3 Å². The molecule has 7 heteroatoms. The average molecular weight is 249 g/mol. The summed E-state index contributed by atoms with van der Waals surface area (Å²) in [4.78, 5) is 10.8. The van der Waals surface area contributed by atoms with Crippen molar-refractivity contribution in [2.45, 2.75) is 19.2 Å². The predicted molar refractivity (Wildman–Crippen MR) is 54.0 cm³/mol. The molecule has 0 amide bonds. The molecule has 0 aliphatic carbocycles. The summed E-state index contributed by atoms with van der Waals surface area (Å²) in [5.74, 6) is -1.78. The lowest BCUT2D eigenvalue weighted by Gasteiger charge is -2.19. The van der Waals surface area contributed by atoms with Gasteiger partial charge >= 0.3 is 12.1 Å². The molecule has 0 radical (unpaired) electrons. The van der Waals surface area contributed by atoms with Crippen molar-refractivity contribution >= 4 is 11.7 Å². The minimum absolute atomic E-state index is 0.124. The van der Waals surface area contributed by atoms with Gasteiger partial charge in [0.25, 0.3) is 0 Å². The summed E-state index contributed by atoms with van der Waals surface area (Å²) in [6.07, 6.45) is -6.68. The molecular weight excluding hydrogens is 239 g/mol. The zero-order chi connectivity index (χ0) is 13.2. The van der Waals surface area contributed by atoms with E-state index < -0.39 is 24.0 Å². The first-order valence-corrected chi connectivity index (χ1v) is 4.58. The van der Waals surface area contributed by atoms with E-state index in [9.17, 15) is 18.0 Å². The number of carbonyl (C=O) groups is 1. The topological polar surface area (TPSA) is 72.5 Å². The van der Waals surface area contributed by atoms with E-state index in [0.717, 1.165) is 19.1 Å². The summed E-state index contributed by atoms with van der Waals surface area (Å²) in [5, 5.41) is 8.77. The predicted octanol–water partition coefficient (Wildman–Crippen LogP) is 2.30. The first kappa shape index (κ1) is 13.1. The average Bonchev–Trinajstić information content (AvgIpc) is 2.15.